The first-order valence-corrected chi connectivity index (χ1v) is 49.7. The normalized spacial score (nSPS) is 13.0. The summed E-state index contributed by atoms with van der Waals surface area (Å²) in [5, 5.41) is 2.69. The first-order valence-electron chi connectivity index (χ1n) is 49.7. The molecule has 0 saturated carbocycles. The number of carbonyl (C=O) groups is 11. The van der Waals surface area contributed by atoms with E-state index in [9.17, 15) is 52.7 Å². The predicted molar refractivity (Wildman–Crippen MR) is 565 cm³/mol. The molecule has 1 N–H and O–H groups in total. The number of ether oxygens (including phenoxy) is 4. The van der Waals surface area contributed by atoms with Crippen molar-refractivity contribution in [2.75, 3.05) is 27.4 Å². The van der Waals surface area contributed by atoms with Crippen LogP contribution in [-0.4, -0.2) is 115 Å². The fourth-order valence-corrected chi connectivity index (χ4v) is 12.8. The Bertz CT molecular complexity index is 4250. The summed E-state index contributed by atoms with van der Waals surface area (Å²) in [6.45, 7) is 68.9. The van der Waals surface area contributed by atoms with Gasteiger partial charge in [-0.15, -0.1) is 0 Å². The summed E-state index contributed by atoms with van der Waals surface area (Å²) < 4.78 is 20.0. The highest BCUT2D eigenvalue weighted by molar-refractivity contribution is 5.97. The van der Waals surface area contributed by atoms with Crippen molar-refractivity contribution in [1.82, 2.24) is 10.2 Å². The summed E-state index contributed by atoms with van der Waals surface area (Å²) in [7, 11) is 3.07. The molecule has 7 aromatic rings. The Labute approximate surface area is 824 Å². The maximum Gasteiger partial charge on any atom is 0.410 e. The van der Waals surface area contributed by atoms with E-state index in [1.54, 1.807) is 18.9 Å². The number of rotatable bonds is 35. The van der Waals surface area contributed by atoms with Crippen LogP contribution in [0.15, 0.2) is 200 Å². The van der Waals surface area contributed by atoms with E-state index in [0.29, 0.717) is 85.2 Å². The van der Waals surface area contributed by atoms with Crippen LogP contribution in [0.5, 0.6) is 0 Å². The topological polar surface area (TPSA) is 240 Å². The number of amides is 2. The Hall–Kier alpha value is -9.97. The number of nitrogens with one attached hydrogen (secondary N) is 1. The Morgan fingerprint density at radius 1 is 0.375 bits per heavy atom. The van der Waals surface area contributed by atoms with Crippen LogP contribution in [0.3, 0.4) is 0 Å². The van der Waals surface area contributed by atoms with Crippen molar-refractivity contribution < 1.29 is 71.7 Å². The highest BCUT2D eigenvalue weighted by atomic mass is 16.6. The summed E-state index contributed by atoms with van der Waals surface area (Å²) >= 11 is 0. The molecule has 1 aliphatic rings. The Morgan fingerprint density at radius 3 is 1.03 bits per heavy atom. The number of carbonyl (C=O) groups excluding carboxylic acids is 11. The zero-order valence-corrected chi connectivity index (χ0v) is 90.7. The number of alkyl carbamates (subject to hydrolysis) is 1. The quantitative estimate of drug-likeness (QED) is 0.0363. The third-order valence-electron chi connectivity index (χ3n) is 22.3. The molecular formula is C119H182N2O15. The van der Waals surface area contributed by atoms with E-state index in [1.807, 2.05) is 255 Å². The van der Waals surface area contributed by atoms with E-state index in [4.69, 9.17) is 14.2 Å². The number of hydrogen-bond acceptors (Lipinski definition) is 15. The molecule has 1 aliphatic heterocycles. The number of ketones is 9. The molecular weight excluding hydrogens is 1700 g/mol. The molecule has 17 nitrogen and oxygen atoms in total. The fourth-order valence-electron chi connectivity index (χ4n) is 12.8. The number of nitrogens with zero attached hydrogens (tertiary/aromatic N) is 1. The van der Waals surface area contributed by atoms with Crippen LogP contribution in [0.1, 0.15) is 339 Å². The molecule has 0 spiro atoms. The lowest BCUT2D eigenvalue weighted by Gasteiger charge is -2.24. The number of aryl methyl sites for hydroxylation is 1. The fraction of sp³-hybridized carbons (Fsp3) is 0.555. The minimum absolute atomic E-state index is 0.0237. The van der Waals surface area contributed by atoms with Crippen LogP contribution in [0, 0.1) is 83.9 Å². The van der Waals surface area contributed by atoms with Gasteiger partial charge < -0.3 is 24.3 Å². The smallest absolute Gasteiger partial charge is 0.410 e. The van der Waals surface area contributed by atoms with Crippen molar-refractivity contribution in [2.45, 2.75) is 329 Å². The SMILES string of the molecule is CC(C)C(=O)CCC(=O)C(C)C.CC(C)C(=O)[C@@H]1C[C@@H](C(C)C)CN1C(=O)OCc1ccccc1.CC(C)C[C@H](NC(=O)OCc1ccccc1)C(=O)C(C)C.CC(C)Cc1ccc(C(=O)C(C)C)cc1.CC(C)c1ccccc1.CC(C)c1ccccc1.CC(C)c1ccccc1.CCC(=O)C(C)C.COC(C)C(=O)C(C)C.COCC(=O)C(C)C.Cc1ccc(C(C)C(=O)C(C)C)cc1. The minimum atomic E-state index is -0.543. The molecule has 1 heterocycles. The maximum atomic E-state index is 12.5. The molecule has 0 radical (unpaired) electrons. The van der Waals surface area contributed by atoms with Crippen molar-refractivity contribution in [3.05, 3.63) is 250 Å². The summed E-state index contributed by atoms with van der Waals surface area (Å²) in [4.78, 5) is 128. The molecule has 0 aromatic heterocycles. The lowest BCUT2D eigenvalue weighted by atomic mass is 9.90. The molecule has 8 rings (SSSR count). The molecule has 0 aliphatic carbocycles. The van der Waals surface area contributed by atoms with Crippen LogP contribution in [0.4, 0.5) is 9.59 Å². The van der Waals surface area contributed by atoms with E-state index in [0.717, 1.165) is 35.1 Å². The van der Waals surface area contributed by atoms with Gasteiger partial charge in [-0.25, -0.2) is 9.59 Å². The van der Waals surface area contributed by atoms with Crippen molar-refractivity contribution in [3.63, 3.8) is 0 Å². The van der Waals surface area contributed by atoms with Gasteiger partial charge in [0.2, 0.25) is 0 Å². The van der Waals surface area contributed by atoms with Crippen LogP contribution in [0.25, 0.3) is 0 Å². The molecule has 1 fully saturated rings. The Kier molecular flexibility index (Phi) is 71.0. The second-order valence-corrected chi connectivity index (χ2v) is 39.9. The first-order chi connectivity index (χ1) is 63.6. The average molecular weight is 1880 g/mol. The van der Waals surface area contributed by atoms with Gasteiger partial charge in [0, 0.05) is 105 Å². The van der Waals surface area contributed by atoms with E-state index in [-0.39, 0.29) is 138 Å². The van der Waals surface area contributed by atoms with Crippen LogP contribution in [0.2, 0.25) is 0 Å². The lowest BCUT2D eigenvalue weighted by molar-refractivity contribution is -0.131. The van der Waals surface area contributed by atoms with Gasteiger partial charge in [-0.3, -0.25) is 48.1 Å². The highest BCUT2D eigenvalue weighted by Gasteiger charge is 2.42. The third-order valence-corrected chi connectivity index (χ3v) is 22.3. The molecule has 0 bridgehead atoms. The van der Waals surface area contributed by atoms with Gasteiger partial charge in [-0.2, -0.15) is 0 Å². The maximum absolute atomic E-state index is 12.5. The highest BCUT2D eigenvalue weighted by Crippen LogP contribution is 2.32. The summed E-state index contributed by atoms with van der Waals surface area (Å²) in [5.41, 5.74) is 10.6. The van der Waals surface area contributed by atoms with Crippen LogP contribution < -0.4 is 5.32 Å². The zero-order valence-electron chi connectivity index (χ0n) is 90.7. The van der Waals surface area contributed by atoms with E-state index in [2.05, 4.69) is 183 Å². The van der Waals surface area contributed by atoms with Gasteiger partial charge in [0.1, 0.15) is 49.1 Å². The molecule has 5 atom stereocenters. The van der Waals surface area contributed by atoms with Crippen molar-refractivity contribution in [1.29, 1.82) is 0 Å². The molecule has 2 unspecified atom stereocenters. The monoisotopic (exact) mass is 1880 g/mol. The van der Waals surface area contributed by atoms with Crippen molar-refractivity contribution in [2.24, 2.45) is 76.9 Å². The first kappa shape index (κ1) is 130. The Morgan fingerprint density at radius 2 is 0.750 bits per heavy atom. The number of methoxy groups -OCH3 is 2. The van der Waals surface area contributed by atoms with Crippen LogP contribution in [-0.2, 0) is 76.9 Å². The third kappa shape index (κ3) is 60.6. The number of hydrogen-bond donors (Lipinski definition) is 1. The predicted octanol–water partition coefficient (Wildman–Crippen LogP) is 28.9. The van der Waals surface area contributed by atoms with Gasteiger partial charge in [0.05, 0.1) is 12.1 Å². The van der Waals surface area contributed by atoms with E-state index in [1.165, 1.54) is 34.9 Å². The second kappa shape index (κ2) is 74.2. The van der Waals surface area contributed by atoms with E-state index < -0.39 is 12.1 Å². The molecule has 7 aromatic carbocycles. The largest absolute Gasteiger partial charge is 0.445 e. The molecule has 136 heavy (non-hydrogen) atoms. The minimum Gasteiger partial charge on any atom is -0.445 e. The molecule has 758 valence electrons. The summed E-state index contributed by atoms with van der Waals surface area (Å²) in [6, 6.07) is 66.0. The van der Waals surface area contributed by atoms with Crippen LogP contribution >= 0.6 is 0 Å². The zero-order chi connectivity index (χ0) is 105. The molecule has 2 amide bonds. The lowest BCUT2D eigenvalue weighted by Crippen LogP contribution is -2.43. The summed E-state index contributed by atoms with van der Waals surface area (Å²) in [5.74, 6) is 6.10. The van der Waals surface area contributed by atoms with E-state index >= 15 is 0 Å². The van der Waals surface area contributed by atoms with Crippen molar-refractivity contribution >= 4 is 64.2 Å². The molecule has 1 saturated heterocycles. The second-order valence-electron chi connectivity index (χ2n) is 39.9. The Balaban J connectivity index is -0.00000146. The number of benzene rings is 7. The molecule has 17 heteroatoms. The van der Waals surface area contributed by atoms with Gasteiger partial charge in [-0.1, -0.05) is 427 Å². The van der Waals surface area contributed by atoms with Gasteiger partial charge in [-0.05, 0) is 113 Å². The number of likely N-dealkylation sites (tertiary alicyclic amines) is 1. The van der Waals surface area contributed by atoms with Gasteiger partial charge in [0.25, 0.3) is 0 Å². The number of Topliss-reactive ketones (excluding diaryl/α,β-unsaturated/α-hetero) is 9. The van der Waals surface area contributed by atoms with Gasteiger partial charge >= 0.3 is 12.2 Å². The summed E-state index contributed by atoms with van der Waals surface area (Å²) in [6.07, 6.45) is 2.78. The van der Waals surface area contributed by atoms with Gasteiger partial charge in [0.15, 0.2) is 28.9 Å². The van der Waals surface area contributed by atoms with Crippen molar-refractivity contribution in [3.8, 4) is 0 Å². The average Bonchev–Trinajstić information content (AvgIpc) is 1.67. The standard InChI is InChI=1S/C19H27NO3.C17H25NO3.C14H20O.C13H18O.C10H18O2.3C9H12.C7H14O2.C6H12O2.C6H12O/c1-13(2)16-10-17(18(21)14(3)4)20(11-16)19(22)23-12-15-8-6-5-7-9-15;1-12(2)10-15(16(19)13(3)4)18-17(20)21-11-14-8-6-5-7-9-14;1-10(2)9-12-5-7-13(8-6-12)14(15)11(3)4;1-9(2)13(14)11(4)12-7-5-10(3)6-8-12;1-7(2)9(11)5-6-10(12)8(3)4;3*1-8(2)9-6-4-3-5-7-9;1-5(2)7(8)6(3)9-4;1-5(2)6(7)4-8-3;1-4-6(7)5(2)3/h5-9,13-14,16-17H,10-12H2,1-4H3;5-9,12-13,15H,10-11H2,1-4H3,(H,18,20);5-8,10-11H,9H2,1-4H3;5-9,11H,1-4H3;7-8H,5-6H2,1-4H3;3*3-8H,1-2H3;5-6H,1-4H3;5H,4H2,1-3H3;5H,4H2,1-3H3/t16-,17+;15-;;;;;;;;;/m10........./s1.